The summed E-state index contributed by atoms with van der Waals surface area (Å²) in [5, 5.41) is 0.620. The van der Waals surface area contributed by atoms with Crippen LogP contribution in [0.1, 0.15) is 5.56 Å². The largest absolute Gasteiger partial charge is 0.368 e. The van der Waals surface area contributed by atoms with Gasteiger partial charge in [-0.05, 0) is 42.0 Å². The maximum atomic E-state index is 13.3. The molecule has 0 radical (unpaired) electrons. The maximum absolute atomic E-state index is 13.3. The maximum Gasteiger partial charge on any atom is 0.227 e. The number of aromatic amines is 1. The first-order valence-electron chi connectivity index (χ1n) is 10.5. The fraction of sp³-hybridized carbons (Fsp3) is 0.217. The third-order valence-corrected chi connectivity index (χ3v) is 5.88. The molecular formula is C23H21ClFN7O. The zero-order valence-corrected chi connectivity index (χ0v) is 18.4. The summed E-state index contributed by atoms with van der Waals surface area (Å²) in [6, 6.07) is 13.4. The third-order valence-electron chi connectivity index (χ3n) is 5.64. The van der Waals surface area contributed by atoms with Gasteiger partial charge in [0.1, 0.15) is 17.2 Å². The van der Waals surface area contributed by atoms with Crippen LogP contribution >= 0.6 is 11.6 Å². The second kappa shape index (κ2) is 8.67. The van der Waals surface area contributed by atoms with Gasteiger partial charge in [0.15, 0.2) is 11.5 Å². The lowest BCUT2D eigenvalue weighted by molar-refractivity contribution is -0.130. The number of hydrogen-bond acceptors (Lipinski definition) is 6. The molecule has 4 aromatic rings. The average molecular weight is 466 g/mol. The van der Waals surface area contributed by atoms with Crippen molar-refractivity contribution in [1.29, 1.82) is 0 Å². The Hall–Kier alpha value is -3.72. The van der Waals surface area contributed by atoms with Gasteiger partial charge >= 0.3 is 0 Å². The molecule has 168 valence electrons. The molecule has 1 amide bonds. The fourth-order valence-corrected chi connectivity index (χ4v) is 4.19. The number of carbonyl (C=O) groups excluding carboxylic acids is 1. The highest BCUT2D eigenvalue weighted by Gasteiger charge is 2.25. The van der Waals surface area contributed by atoms with E-state index < -0.39 is 0 Å². The number of carbonyl (C=O) groups is 1. The number of nitrogens with zero attached hydrogens (tertiary/aromatic N) is 5. The molecule has 3 heterocycles. The summed E-state index contributed by atoms with van der Waals surface area (Å²) in [5.41, 5.74) is 8.67. The topological polar surface area (TPSA) is 104 Å². The highest BCUT2D eigenvalue weighted by Crippen LogP contribution is 2.27. The van der Waals surface area contributed by atoms with Crippen LogP contribution in [-0.2, 0) is 11.2 Å². The van der Waals surface area contributed by atoms with Crippen LogP contribution in [-0.4, -0.2) is 56.9 Å². The van der Waals surface area contributed by atoms with Crippen LogP contribution in [0.15, 0.2) is 48.5 Å². The number of nitrogen functional groups attached to an aromatic ring is 1. The SMILES string of the molecule is Nc1nc(N2CCN(C(=O)Cc3cccc(Cl)c3)CC2)c2[nH]c(-c3ccc(F)cc3)nc2n1. The van der Waals surface area contributed by atoms with Gasteiger partial charge in [-0.1, -0.05) is 23.7 Å². The molecule has 0 saturated carbocycles. The Morgan fingerprint density at radius 3 is 2.55 bits per heavy atom. The Balaban J connectivity index is 1.33. The minimum atomic E-state index is -0.317. The van der Waals surface area contributed by atoms with Crippen molar-refractivity contribution in [2.75, 3.05) is 36.8 Å². The van der Waals surface area contributed by atoms with Gasteiger partial charge in [0, 0.05) is 36.8 Å². The number of rotatable bonds is 4. The lowest BCUT2D eigenvalue weighted by Gasteiger charge is -2.35. The Kier molecular flexibility index (Phi) is 5.55. The number of piperazine rings is 1. The number of nitrogens with two attached hydrogens (primary N) is 1. The predicted octanol–water partition coefficient (Wildman–Crippen LogP) is 3.29. The number of nitrogens with one attached hydrogen (secondary N) is 1. The van der Waals surface area contributed by atoms with Gasteiger partial charge in [0.2, 0.25) is 11.9 Å². The first-order chi connectivity index (χ1) is 16.0. The van der Waals surface area contributed by atoms with E-state index in [9.17, 15) is 9.18 Å². The summed E-state index contributed by atoms with van der Waals surface area (Å²) in [6.45, 7) is 2.31. The lowest BCUT2D eigenvalue weighted by Crippen LogP contribution is -2.49. The quantitative estimate of drug-likeness (QED) is 0.479. The second-order valence-corrected chi connectivity index (χ2v) is 8.31. The monoisotopic (exact) mass is 465 g/mol. The van der Waals surface area contributed by atoms with Crippen molar-refractivity contribution in [2.45, 2.75) is 6.42 Å². The van der Waals surface area contributed by atoms with E-state index in [2.05, 4.69) is 24.8 Å². The van der Waals surface area contributed by atoms with Gasteiger partial charge in [0.25, 0.3) is 0 Å². The molecule has 33 heavy (non-hydrogen) atoms. The van der Waals surface area contributed by atoms with Crippen LogP contribution in [0.25, 0.3) is 22.6 Å². The van der Waals surface area contributed by atoms with Gasteiger partial charge in [-0.15, -0.1) is 0 Å². The van der Waals surface area contributed by atoms with Crippen LogP contribution in [0.3, 0.4) is 0 Å². The number of hydrogen-bond donors (Lipinski definition) is 2. The van der Waals surface area contributed by atoms with Crippen molar-refractivity contribution in [3.05, 3.63) is 64.9 Å². The van der Waals surface area contributed by atoms with Crippen LogP contribution in [0, 0.1) is 5.82 Å². The van der Waals surface area contributed by atoms with Crippen molar-refractivity contribution >= 4 is 40.4 Å². The summed E-state index contributed by atoms with van der Waals surface area (Å²) < 4.78 is 13.3. The molecule has 0 bridgehead atoms. The first-order valence-corrected chi connectivity index (χ1v) is 10.9. The van der Waals surface area contributed by atoms with Crippen molar-refractivity contribution < 1.29 is 9.18 Å². The molecule has 8 nitrogen and oxygen atoms in total. The number of fused-ring (bicyclic) bond motifs is 1. The Labute approximate surface area is 194 Å². The van der Waals surface area contributed by atoms with Gasteiger partial charge in [0.05, 0.1) is 6.42 Å². The molecule has 0 unspecified atom stereocenters. The Bertz CT molecular complexity index is 1320. The molecule has 10 heteroatoms. The van der Waals surface area contributed by atoms with Crippen molar-refractivity contribution in [3.63, 3.8) is 0 Å². The molecule has 2 aromatic carbocycles. The fourth-order valence-electron chi connectivity index (χ4n) is 3.97. The molecule has 0 spiro atoms. The van der Waals surface area contributed by atoms with Crippen LogP contribution in [0.2, 0.25) is 5.02 Å². The zero-order valence-electron chi connectivity index (χ0n) is 17.6. The number of amides is 1. The minimum absolute atomic E-state index is 0.0596. The van der Waals surface area contributed by atoms with E-state index in [1.807, 2.05) is 23.1 Å². The summed E-state index contributed by atoms with van der Waals surface area (Å²) >= 11 is 6.03. The third kappa shape index (κ3) is 4.45. The second-order valence-electron chi connectivity index (χ2n) is 7.87. The molecule has 2 aromatic heterocycles. The van der Waals surface area contributed by atoms with Crippen LogP contribution in [0.5, 0.6) is 0 Å². The number of halogens is 2. The van der Waals surface area contributed by atoms with Gasteiger partial charge in [-0.2, -0.15) is 9.97 Å². The molecule has 0 atom stereocenters. The van der Waals surface area contributed by atoms with E-state index >= 15 is 0 Å². The molecule has 5 rings (SSSR count). The summed E-state index contributed by atoms with van der Waals surface area (Å²) in [7, 11) is 0. The summed E-state index contributed by atoms with van der Waals surface area (Å²) in [6.07, 6.45) is 0.312. The summed E-state index contributed by atoms with van der Waals surface area (Å²) in [4.78, 5) is 33.1. The number of imidazole rings is 1. The van der Waals surface area contributed by atoms with Crippen LogP contribution < -0.4 is 10.6 Å². The molecule has 0 aliphatic carbocycles. The van der Waals surface area contributed by atoms with E-state index in [1.165, 1.54) is 12.1 Å². The number of anilines is 2. The molecular weight excluding hydrogens is 445 g/mol. The first kappa shape index (κ1) is 21.1. The van der Waals surface area contributed by atoms with E-state index in [4.69, 9.17) is 17.3 Å². The van der Waals surface area contributed by atoms with Gasteiger partial charge in [-0.25, -0.2) is 9.37 Å². The van der Waals surface area contributed by atoms with Gasteiger partial charge < -0.3 is 20.5 Å². The van der Waals surface area contributed by atoms with Crippen molar-refractivity contribution in [1.82, 2.24) is 24.8 Å². The molecule has 1 aliphatic rings. The minimum Gasteiger partial charge on any atom is -0.368 e. The Morgan fingerprint density at radius 1 is 1.06 bits per heavy atom. The molecule has 1 aliphatic heterocycles. The van der Waals surface area contributed by atoms with Crippen molar-refractivity contribution in [2.24, 2.45) is 0 Å². The van der Waals surface area contributed by atoms with E-state index in [0.29, 0.717) is 60.4 Å². The smallest absolute Gasteiger partial charge is 0.227 e. The lowest BCUT2D eigenvalue weighted by atomic mass is 10.1. The summed E-state index contributed by atoms with van der Waals surface area (Å²) in [5.74, 6) is 1.06. The van der Waals surface area contributed by atoms with Crippen molar-refractivity contribution in [3.8, 4) is 11.4 Å². The van der Waals surface area contributed by atoms with E-state index in [0.717, 1.165) is 11.1 Å². The Morgan fingerprint density at radius 2 is 1.82 bits per heavy atom. The molecule has 3 N–H and O–H groups in total. The zero-order chi connectivity index (χ0) is 22.9. The number of benzene rings is 2. The van der Waals surface area contributed by atoms with Crippen LogP contribution in [0.4, 0.5) is 16.2 Å². The highest BCUT2D eigenvalue weighted by atomic mass is 35.5. The predicted molar refractivity (Wildman–Crippen MR) is 125 cm³/mol. The van der Waals surface area contributed by atoms with Gasteiger partial charge in [-0.3, -0.25) is 4.79 Å². The normalized spacial score (nSPS) is 14.1. The van der Waals surface area contributed by atoms with E-state index in [-0.39, 0.29) is 17.7 Å². The standard InChI is InChI=1S/C23H21ClFN7O/c24-16-3-1-2-14(12-16)13-18(33)31-8-10-32(11-9-31)22-19-21(29-23(26)30-22)28-20(27-19)15-4-6-17(25)7-5-15/h1-7,12H,8-11,13H2,(H3,26,27,28,29,30). The molecule has 1 saturated heterocycles. The number of aromatic nitrogens is 4. The molecule has 1 fully saturated rings. The van der Waals surface area contributed by atoms with E-state index in [1.54, 1.807) is 18.2 Å². The average Bonchev–Trinajstić information content (AvgIpc) is 3.23. The highest BCUT2D eigenvalue weighted by molar-refractivity contribution is 6.30. The number of H-pyrrole nitrogens is 1.